The van der Waals surface area contributed by atoms with Crippen LogP contribution >= 0.6 is 0 Å². The number of hydrogen-bond acceptors (Lipinski definition) is 5. The maximum Gasteiger partial charge on any atom is 0.227 e. The summed E-state index contributed by atoms with van der Waals surface area (Å²) in [4.78, 5) is 12.2. The molecule has 0 aliphatic carbocycles. The molecule has 0 saturated heterocycles. The molecule has 6 nitrogen and oxygen atoms in total. The van der Waals surface area contributed by atoms with E-state index >= 15 is 0 Å². The van der Waals surface area contributed by atoms with E-state index in [9.17, 15) is 0 Å². The number of fused-ring (bicyclic) bond motifs is 1. The Hall–Kier alpha value is -2.50. The van der Waals surface area contributed by atoms with Crippen LogP contribution in [0, 0.1) is 0 Å². The smallest absolute Gasteiger partial charge is 0.227 e. The Morgan fingerprint density at radius 2 is 2.18 bits per heavy atom. The van der Waals surface area contributed by atoms with Crippen LogP contribution in [0.5, 0.6) is 5.88 Å². The van der Waals surface area contributed by atoms with Crippen molar-refractivity contribution < 1.29 is 4.74 Å². The zero-order chi connectivity index (χ0) is 11.7. The Bertz CT molecular complexity index is 664. The van der Waals surface area contributed by atoms with Gasteiger partial charge in [-0.25, -0.2) is 19.5 Å². The Labute approximate surface area is 96.9 Å². The standard InChI is InChI=1S/C11H9N5O/c1-17-11-9(6-12-7-14-11)10-13-5-8-3-2-4-16(8)15-10/h2-7H,1H3. The van der Waals surface area contributed by atoms with Gasteiger partial charge in [0.05, 0.1) is 18.8 Å². The van der Waals surface area contributed by atoms with Gasteiger partial charge in [0.15, 0.2) is 5.82 Å². The summed E-state index contributed by atoms with van der Waals surface area (Å²) >= 11 is 0. The van der Waals surface area contributed by atoms with E-state index in [1.54, 1.807) is 24.0 Å². The van der Waals surface area contributed by atoms with Gasteiger partial charge in [0.2, 0.25) is 5.88 Å². The van der Waals surface area contributed by atoms with Crippen LogP contribution in [-0.2, 0) is 0 Å². The van der Waals surface area contributed by atoms with Gasteiger partial charge in [-0.1, -0.05) is 0 Å². The molecule has 6 heteroatoms. The van der Waals surface area contributed by atoms with Gasteiger partial charge in [0.1, 0.15) is 11.9 Å². The van der Waals surface area contributed by atoms with E-state index in [1.807, 2.05) is 18.3 Å². The van der Waals surface area contributed by atoms with Crippen molar-refractivity contribution in [1.29, 1.82) is 0 Å². The lowest BCUT2D eigenvalue weighted by Crippen LogP contribution is -1.99. The summed E-state index contributed by atoms with van der Waals surface area (Å²) in [5, 5.41) is 4.36. The maximum atomic E-state index is 5.15. The highest BCUT2D eigenvalue weighted by Gasteiger charge is 2.10. The second-order valence-electron chi connectivity index (χ2n) is 3.41. The molecule has 0 fully saturated rings. The van der Waals surface area contributed by atoms with Crippen molar-refractivity contribution in [1.82, 2.24) is 24.6 Å². The maximum absolute atomic E-state index is 5.15. The van der Waals surface area contributed by atoms with Crippen molar-refractivity contribution in [3.63, 3.8) is 0 Å². The topological polar surface area (TPSA) is 65.2 Å². The summed E-state index contributed by atoms with van der Waals surface area (Å²) in [5.74, 6) is 0.998. The van der Waals surface area contributed by atoms with Gasteiger partial charge in [0, 0.05) is 12.4 Å². The summed E-state index contributed by atoms with van der Waals surface area (Å²) < 4.78 is 6.90. The predicted molar refractivity (Wildman–Crippen MR) is 60.6 cm³/mol. The molecule has 3 aromatic rings. The van der Waals surface area contributed by atoms with Crippen LogP contribution in [-0.4, -0.2) is 31.7 Å². The van der Waals surface area contributed by atoms with Crippen LogP contribution in [0.1, 0.15) is 0 Å². The van der Waals surface area contributed by atoms with Crippen molar-refractivity contribution in [2.75, 3.05) is 7.11 Å². The first kappa shape index (κ1) is 9.71. The molecule has 3 rings (SSSR count). The number of hydrogen-bond donors (Lipinski definition) is 0. The quantitative estimate of drug-likeness (QED) is 0.658. The monoisotopic (exact) mass is 227 g/mol. The van der Waals surface area contributed by atoms with E-state index in [0.717, 1.165) is 5.52 Å². The fraction of sp³-hybridized carbons (Fsp3) is 0.0909. The van der Waals surface area contributed by atoms with Gasteiger partial charge >= 0.3 is 0 Å². The van der Waals surface area contributed by atoms with Crippen LogP contribution in [0.15, 0.2) is 37.1 Å². The molecule has 0 aliphatic heterocycles. The molecular formula is C11H9N5O. The van der Waals surface area contributed by atoms with E-state index in [-0.39, 0.29) is 0 Å². The minimum atomic E-state index is 0.464. The molecule has 0 aromatic carbocycles. The zero-order valence-corrected chi connectivity index (χ0v) is 9.11. The summed E-state index contributed by atoms with van der Waals surface area (Å²) in [6.45, 7) is 0. The first-order valence-electron chi connectivity index (χ1n) is 5.03. The average molecular weight is 227 g/mol. The molecule has 0 unspecified atom stereocenters. The summed E-state index contributed by atoms with van der Waals surface area (Å²) in [5.41, 5.74) is 1.61. The lowest BCUT2D eigenvalue weighted by molar-refractivity contribution is 0.398. The minimum absolute atomic E-state index is 0.464. The largest absolute Gasteiger partial charge is 0.480 e. The van der Waals surface area contributed by atoms with Crippen molar-refractivity contribution >= 4 is 5.52 Å². The van der Waals surface area contributed by atoms with Crippen molar-refractivity contribution in [3.05, 3.63) is 37.1 Å². The van der Waals surface area contributed by atoms with Gasteiger partial charge in [-0.2, -0.15) is 0 Å². The third-order valence-corrected chi connectivity index (χ3v) is 2.39. The summed E-state index contributed by atoms with van der Waals surface area (Å²) in [6, 6.07) is 3.84. The van der Waals surface area contributed by atoms with Gasteiger partial charge in [-0.05, 0) is 12.1 Å². The fourth-order valence-corrected chi connectivity index (χ4v) is 1.59. The van der Waals surface area contributed by atoms with Crippen LogP contribution in [0.2, 0.25) is 0 Å². The molecule has 17 heavy (non-hydrogen) atoms. The van der Waals surface area contributed by atoms with E-state index in [2.05, 4.69) is 20.1 Å². The van der Waals surface area contributed by atoms with E-state index in [1.165, 1.54) is 6.33 Å². The SMILES string of the molecule is COc1ncncc1-c1ncc2cccn2n1. The number of rotatable bonds is 2. The first-order chi connectivity index (χ1) is 8.38. The molecular weight excluding hydrogens is 218 g/mol. The van der Waals surface area contributed by atoms with Gasteiger partial charge in [-0.3, -0.25) is 0 Å². The third kappa shape index (κ3) is 1.59. The van der Waals surface area contributed by atoms with Gasteiger partial charge in [-0.15, -0.1) is 5.10 Å². The molecule has 0 bridgehead atoms. The highest BCUT2D eigenvalue weighted by Crippen LogP contribution is 2.22. The second kappa shape index (κ2) is 3.82. The predicted octanol–water partition coefficient (Wildman–Crippen LogP) is 1.19. The highest BCUT2D eigenvalue weighted by molar-refractivity contribution is 5.60. The molecule has 0 spiro atoms. The Kier molecular flexibility index (Phi) is 2.18. The van der Waals surface area contributed by atoms with Crippen LogP contribution in [0.4, 0.5) is 0 Å². The minimum Gasteiger partial charge on any atom is -0.480 e. The number of aromatic nitrogens is 5. The van der Waals surface area contributed by atoms with Gasteiger partial charge < -0.3 is 4.74 Å². The highest BCUT2D eigenvalue weighted by atomic mass is 16.5. The fourth-order valence-electron chi connectivity index (χ4n) is 1.59. The normalized spacial score (nSPS) is 10.6. The molecule has 0 saturated carbocycles. The van der Waals surface area contributed by atoms with Crippen LogP contribution < -0.4 is 4.74 Å². The Morgan fingerprint density at radius 3 is 3.06 bits per heavy atom. The first-order valence-corrected chi connectivity index (χ1v) is 5.03. The molecule has 3 aromatic heterocycles. The number of methoxy groups -OCH3 is 1. The lowest BCUT2D eigenvalue weighted by atomic mass is 10.3. The molecule has 0 atom stereocenters. The molecule has 0 N–H and O–H groups in total. The van der Waals surface area contributed by atoms with Gasteiger partial charge in [0.25, 0.3) is 0 Å². The molecule has 0 aliphatic rings. The summed E-state index contributed by atoms with van der Waals surface area (Å²) in [6.07, 6.45) is 6.67. The van der Waals surface area contributed by atoms with Crippen molar-refractivity contribution in [2.24, 2.45) is 0 Å². The molecule has 0 radical (unpaired) electrons. The number of nitrogens with zero attached hydrogens (tertiary/aromatic N) is 5. The lowest BCUT2D eigenvalue weighted by Gasteiger charge is -2.04. The molecule has 3 heterocycles. The van der Waals surface area contributed by atoms with Crippen LogP contribution in [0.3, 0.4) is 0 Å². The Balaban J connectivity index is 2.19. The van der Waals surface area contributed by atoms with E-state index < -0.39 is 0 Å². The van der Waals surface area contributed by atoms with Crippen molar-refractivity contribution in [2.45, 2.75) is 0 Å². The second-order valence-corrected chi connectivity index (χ2v) is 3.41. The average Bonchev–Trinajstić information content (AvgIpc) is 2.85. The molecule has 84 valence electrons. The van der Waals surface area contributed by atoms with Crippen LogP contribution in [0.25, 0.3) is 16.9 Å². The summed E-state index contributed by atoms with van der Waals surface area (Å²) in [7, 11) is 1.56. The van der Waals surface area contributed by atoms with Crippen molar-refractivity contribution in [3.8, 4) is 17.3 Å². The number of ether oxygens (including phenoxy) is 1. The zero-order valence-electron chi connectivity index (χ0n) is 9.11. The van der Waals surface area contributed by atoms with E-state index in [4.69, 9.17) is 4.74 Å². The van der Waals surface area contributed by atoms with E-state index in [0.29, 0.717) is 17.3 Å². The third-order valence-electron chi connectivity index (χ3n) is 2.39. The Morgan fingerprint density at radius 1 is 1.24 bits per heavy atom. The molecule has 0 amide bonds.